The lowest BCUT2D eigenvalue weighted by Gasteiger charge is -2.33. The van der Waals surface area contributed by atoms with E-state index in [4.69, 9.17) is 4.42 Å². The van der Waals surface area contributed by atoms with Gasteiger partial charge in [0.15, 0.2) is 5.58 Å². The lowest BCUT2D eigenvalue weighted by atomic mass is 9.92. The monoisotopic (exact) mass is 396 g/mol. The number of hydrogen-bond acceptors (Lipinski definition) is 6. The Morgan fingerprint density at radius 3 is 3.00 bits per heavy atom. The van der Waals surface area contributed by atoms with Crippen LogP contribution in [-0.2, 0) is 17.9 Å². The minimum Gasteiger partial charge on any atom is -0.408 e. The van der Waals surface area contributed by atoms with Gasteiger partial charge in [-0.1, -0.05) is 12.1 Å². The van der Waals surface area contributed by atoms with E-state index in [0.717, 1.165) is 18.5 Å². The third-order valence-electron chi connectivity index (χ3n) is 5.47. The maximum absolute atomic E-state index is 12.8. The molecule has 8 nitrogen and oxygen atoms in total. The molecule has 8 heteroatoms. The molecule has 4 rings (SSSR count). The van der Waals surface area contributed by atoms with Crippen molar-refractivity contribution in [2.75, 3.05) is 13.1 Å². The number of aryl methyl sites for hydroxylation is 2. The van der Waals surface area contributed by atoms with Crippen molar-refractivity contribution in [3.63, 3.8) is 0 Å². The predicted octanol–water partition coefficient (Wildman–Crippen LogP) is 1.98. The third kappa shape index (κ3) is 3.93. The van der Waals surface area contributed by atoms with Crippen LogP contribution in [0.2, 0.25) is 0 Å². The van der Waals surface area contributed by atoms with E-state index >= 15 is 0 Å². The predicted molar refractivity (Wildman–Crippen MR) is 106 cm³/mol. The number of amides is 1. The van der Waals surface area contributed by atoms with E-state index < -0.39 is 5.76 Å². The van der Waals surface area contributed by atoms with Gasteiger partial charge in [-0.25, -0.2) is 14.8 Å². The molecule has 0 aliphatic carbocycles. The maximum atomic E-state index is 12.8. The summed E-state index contributed by atoms with van der Waals surface area (Å²) < 4.78 is 6.74. The van der Waals surface area contributed by atoms with E-state index in [-0.39, 0.29) is 31.4 Å². The highest BCUT2D eigenvalue weighted by atomic mass is 16.4. The second-order valence-corrected chi connectivity index (χ2v) is 7.40. The highest BCUT2D eigenvalue weighted by molar-refractivity contribution is 5.77. The number of para-hydroxylation sites is 2. The number of carbonyl (C=O) groups excluding carboxylic acids is 1. The van der Waals surface area contributed by atoms with Crippen molar-refractivity contribution < 1.29 is 14.3 Å². The van der Waals surface area contributed by atoms with E-state index in [1.165, 1.54) is 4.57 Å². The Labute approximate surface area is 167 Å². The SMILES string of the molecule is Cc1ncc(CO)c(C2CCCN(C(=O)CCn3c(=O)oc4ccccc43)C2)n1. The van der Waals surface area contributed by atoms with Crippen LogP contribution in [0.4, 0.5) is 0 Å². The molecule has 0 bridgehead atoms. The van der Waals surface area contributed by atoms with E-state index in [2.05, 4.69) is 9.97 Å². The molecule has 29 heavy (non-hydrogen) atoms. The van der Waals surface area contributed by atoms with Gasteiger partial charge in [0.2, 0.25) is 5.91 Å². The van der Waals surface area contributed by atoms with Crippen LogP contribution in [0.15, 0.2) is 39.7 Å². The Morgan fingerprint density at radius 2 is 2.17 bits per heavy atom. The zero-order valence-electron chi connectivity index (χ0n) is 16.4. The van der Waals surface area contributed by atoms with Crippen LogP contribution < -0.4 is 5.76 Å². The molecule has 3 heterocycles. The minimum atomic E-state index is -0.445. The summed E-state index contributed by atoms with van der Waals surface area (Å²) in [7, 11) is 0. The summed E-state index contributed by atoms with van der Waals surface area (Å²) >= 11 is 0. The van der Waals surface area contributed by atoms with Gasteiger partial charge < -0.3 is 14.4 Å². The lowest BCUT2D eigenvalue weighted by molar-refractivity contribution is -0.132. The standard InChI is InChI=1S/C21H24N4O4/c1-14-22-11-16(13-26)20(23-14)15-5-4-9-24(12-15)19(27)8-10-25-17-6-2-3-7-18(17)29-21(25)28/h2-3,6-7,11,15,26H,4-5,8-10,12-13H2,1H3. The highest BCUT2D eigenvalue weighted by Gasteiger charge is 2.27. The fourth-order valence-corrected chi connectivity index (χ4v) is 4.01. The molecule has 1 fully saturated rings. The highest BCUT2D eigenvalue weighted by Crippen LogP contribution is 2.28. The molecule has 1 aliphatic rings. The van der Waals surface area contributed by atoms with E-state index in [9.17, 15) is 14.7 Å². The zero-order chi connectivity index (χ0) is 20.4. The number of likely N-dealkylation sites (tertiary alicyclic amines) is 1. The average molecular weight is 396 g/mol. The van der Waals surface area contributed by atoms with Crippen molar-refractivity contribution in [2.24, 2.45) is 0 Å². The number of carbonyl (C=O) groups is 1. The number of aliphatic hydroxyl groups is 1. The molecule has 1 aliphatic heterocycles. The van der Waals surface area contributed by atoms with Crippen LogP contribution in [0, 0.1) is 6.92 Å². The second kappa shape index (κ2) is 8.16. The van der Waals surface area contributed by atoms with Crippen LogP contribution in [0.25, 0.3) is 11.1 Å². The summed E-state index contributed by atoms with van der Waals surface area (Å²) in [6.45, 7) is 3.24. The van der Waals surface area contributed by atoms with E-state index in [0.29, 0.717) is 35.6 Å². The van der Waals surface area contributed by atoms with Crippen LogP contribution in [-0.4, -0.2) is 43.5 Å². The van der Waals surface area contributed by atoms with Crippen LogP contribution in [0.1, 0.15) is 42.3 Å². The van der Waals surface area contributed by atoms with Gasteiger partial charge in [-0.2, -0.15) is 0 Å². The Balaban J connectivity index is 1.46. The van der Waals surface area contributed by atoms with Gasteiger partial charge >= 0.3 is 5.76 Å². The van der Waals surface area contributed by atoms with Crippen molar-refractivity contribution in [3.8, 4) is 0 Å². The van der Waals surface area contributed by atoms with E-state index in [1.807, 2.05) is 30.0 Å². The number of piperidine rings is 1. The summed E-state index contributed by atoms with van der Waals surface area (Å²) in [6.07, 6.45) is 3.68. The topological polar surface area (TPSA) is 101 Å². The molecule has 2 aromatic heterocycles. The molecule has 152 valence electrons. The van der Waals surface area contributed by atoms with Gasteiger partial charge in [0, 0.05) is 43.7 Å². The normalized spacial score (nSPS) is 17.0. The van der Waals surface area contributed by atoms with Crippen LogP contribution >= 0.6 is 0 Å². The number of aliphatic hydroxyl groups excluding tert-OH is 1. The first-order valence-electron chi connectivity index (χ1n) is 9.86. The first-order chi connectivity index (χ1) is 14.1. The first kappa shape index (κ1) is 19.3. The van der Waals surface area contributed by atoms with Gasteiger partial charge in [-0.05, 0) is 31.9 Å². The maximum Gasteiger partial charge on any atom is 0.419 e. The quantitative estimate of drug-likeness (QED) is 0.708. The summed E-state index contributed by atoms with van der Waals surface area (Å²) in [5, 5.41) is 9.62. The first-order valence-corrected chi connectivity index (χ1v) is 9.86. The van der Waals surface area contributed by atoms with Crippen LogP contribution in [0.3, 0.4) is 0 Å². The molecule has 0 radical (unpaired) electrons. The van der Waals surface area contributed by atoms with Gasteiger partial charge in [0.1, 0.15) is 5.82 Å². The van der Waals surface area contributed by atoms with Crippen molar-refractivity contribution in [1.29, 1.82) is 0 Å². The molecule has 1 saturated heterocycles. The van der Waals surface area contributed by atoms with Gasteiger partial charge in [0.05, 0.1) is 17.8 Å². The number of hydrogen-bond donors (Lipinski definition) is 1. The Morgan fingerprint density at radius 1 is 1.34 bits per heavy atom. The number of oxazole rings is 1. The molecule has 1 atom stereocenters. The van der Waals surface area contributed by atoms with E-state index in [1.54, 1.807) is 12.3 Å². The molecular weight excluding hydrogens is 372 g/mol. The number of aromatic nitrogens is 3. The molecule has 0 spiro atoms. The Bertz CT molecular complexity index is 1090. The molecule has 1 aromatic carbocycles. The number of rotatable bonds is 5. The molecule has 1 amide bonds. The van der Waals surface area contributed by atoms with Crippen molar-refractivity contribution >= 4 is 17.0 Å². The summed E-state index contributed by atoms with van der Waals surface area (Å²) in [5.41, 5.74) is 2.77. The smallest absolute Gasteiger partial charge is 0.408 e. The van der Waals surface area contributed by atoms with Crippen LogP contribution in [0.5, 0.6) is 0 Å². The number of benzene rings is 1. The summed E-state index contributed by atoms with van der Waals surface area (Å²) in [6, 6.07) is 7.21. The minimum absolute atomic E-state index is 0.00297. The van der Waals surface area contributed by atoms with Gasteiger partial charge in [-0.3, -0.25) is 9.36 Å². The van der Waals surface area contributed by atoms with Gasteiger partial charge in [-0.15, -0.1) is 0 Å². The van der Waals surface area contributed by atoms with Crippen molar-refractivity contribution in [1.82, 2.24) is 19.4 Å². The fraction of sp³-hybridized carbons (Fsp3) is 0.429. The number of nitrogens with zero attached hydrogens (tertiary/aromatic N) is 4. The lowest BCUT2D eigenvalue weighted by Crippen LogP contribution is -2.40. The van der Waals surface area contributed by atoms with Crippen molar-refractivity contribution in [3.05, 3.63) is 58.1 Å². The fourth-order valence-electron chi connectivity index (χ4n) is 4.01. The summed E-state index contributed by atoms with van der Waals surface area (Å²) in [5.74, 6) is 0.295. The average Bonchev–Trinajstić information content (AvgIpc) is 3.07. The Kier molecular flexibility index (Phi) is 5.44. The van der Waals surface area contributed by atoms with Gasteiger partial charge in [0.25, 0.3) is 0 Å². The molecule has 3 aromatic rings. The van der Waals surface area contributed by atoms with Crippen molar-refractivity contribution in [2.45, 2.75) is 45.3 Å². The molecule has 1 N–H and O–H groups in total. The third-order valence-corrected chi connectivity index (χ3v) is 5.47. The largest absolute Gasteiger partial charge is 0.419 e. The molecular formula is C21H24N4O4. The molecule has 0 saturated carbocycles. The molecule has 1 unspecified atom stereocenters. The second-order valence-electron chi connectivity index (χ2n) is 7.40. The Hall–Kier alpha value is -3.00. The summed E-state index contributed by atoms with van der Waals surface area (Å²) in [4.78, 5) is 35.5. The zero-order valence-corrected chi connectivity index (χ0v) is 16.4. The number of fused-ring (bicyclic) bond motifs is 1.